The predicted octanol–water partition coefficient (Wildman–Crippen LogP) is 4.76. The molecule has 5 heteroatoms. The Morgan fingerprint density at radius 2 is 1.95 bits per heavy atom. The Balaban J connectivity index is 2.55. The maximum Gasteiger partial charge on any atom is 0.138 e. The monoisotopic (exact) mass is 451 g/mol. The molecule has 2 rings (SSSR count). The summed E-state index contributed by atoms with van der Waals surface area (Å²) in [5.41, 5.74) is 8.29. The van der Waals surface area contributed by atoms with Gasteiger partial charge < -0.3 is 10.5 Å². The molecule has 0 fully saturated rings. The third kappa shape index (κ3) is 3.24. The molecule has 0 radical (unpaired) electrons. The zero-order chi connectivity index (χ0) is 14.0. The molecule has 0 aliphatic carbocycles. The highest BCUT2D eigenvalue weighted by Crippen LogP contribution is 2.38. The second-order valence-corrected chi connectivity index (χ2v) is 6.46. The fourth-order valence-electron chi connectivity index (χ4n) is 1.92. The van der Waals surface area contributed by atoms with Crippen molar-refractivity contribution >= 4 is 50.1 Å². The van der Waals surface area contributed by atoms with E-state index in [1.54, 1.807) is 13.2 Å². The molecule has 0 aliphatic rings. The van der Waals surface area contributed by atoms with Crippen molar-refractivity contribution in [1.29, 1.82) is 0 Å². The van der Waals surface area contributed by atoms with Gasteiger partial charge in [-0.05, 0) is 62.3 Å². The Morgan fingerprint density at radius 1 is 1.26 bits per heavy atom. The standard InChI is InChI=1S/C14H12BrClINO/c1-19-14-10(6-8(16)7-11(14)15)13(18)9-4-2-3-5-12(9)17/h2-7,13H,18H2,1H3. The van der Waals surface area contributed by atoms with Crippen molar-refractivity contribution < 1.29 is 4.74 Å². The molecule has 0 bridgehead atoms. The predicted molar refractivity (Wildman–Crippen MR) is 90.9 cm³/mol. The van der Waals surface area contributed by atoms with E-state index in [9.17, 15) is 0 Å². The van der Waals surface area contributed by atoms with Crippen molar-refractivity contribution in [3.8, 4) is 5.75 Å². The molecule has 19 heavy (non-hydrogen) atoms. The maximum atomic E-state index is 6.37. The lowest BCUT2D eigenvalue weighted by Gasteiger charge is -2.19. The van der Waals surface area contributed by atoms with Gasteiger partial charge in [0.05, 0.1) is 17.6 Å². The molecule has 0 saturated heterocycles. The van der Waals surface area contributed by atoms with E-state index < -0.39 is 0 Å². The molecule has 0 heterocycles. The van der Waals surface area contributed by atoms with Crippen molar-refractivity contribution in [2.45, 2.75) is 6.04 Å². The summed E-state index contributed by atoms with van der Waals surface area (Å²) in [7, 11) is 1.63. The van der Waals surface area contributed by atoms with E-state index in [2.05, 4.69) is 38.5 Å². The van der Waals surface area contributed by atoms with Crippen LogP contribution in [0.3, 0.4) is 0 Å². The van der Waals surface area contributed by atoms with Crippen LogP contribution < -0.4 is 10.5 Å². The summed E-state index contributed by atoms with van der Waals surface area (Å²) in [6.07, 6.45) is 0. The molecule has 1 unspecified atom stereocenters. The number of benzene rings is 2. The number of nitrogens with two attached hydrogens (primary N) is 1. The smallest absolute Gasteiger partial charge is 0.138 e. The van der Waals surface area contributed by atoms with Crippen molar-refractivity contribution in [2.75, 3.05) is 7.11 Å². The van der Waals surface area contributed by atoms with Gasteiger partial charge in [0.2, 0.25) is 0 Å². The zero-order valence-corrected chi connectivity index (χ0v) is 14.7. The van der Waals surface area contributed by atoms with Gasteiger partial charge in [-0.3, -0.25) is 0 Å². The molecule has 2 aromatic rings. The molecule has 0 aliphatic heterocycles. The minimum absolute atomic E-state index is 0.280. The van der Waals surface area contributed by atoms with Crippen LogP contribution in [0.5, 0.6) is 5.75 Å². The quantitative estimate of drug-likeness (QED) is 0.682. The van der Waals surface area contributed by atoms with Crippen LogP contribution in [0.4, 0.5) is 0 Å². The summed E-state index contributed by atoms with van der Waals surface area (Å²) in [4.78, 5) is 0. The first kappa shape index (κ1) is 15.1. The molecule has 1 atom stereocenters. The lowest BCUT2D eigenvalue weighted by molar-refractivity contribution is 0.405. The van der Waals surface area contributed by atoms with Crippen LogP contribution in [0.1, 0.15) is 17.2 Å². The van der Waals surface area contributed by atoms with Crippen molar-refractivity contribution in [3.05, 3.63) is 60.6 Å². The number of methoxy groups -OCH3 is 1. The fraction of sp³-hybridized carbons (Fsp3) is 0.143. The summed E-state index contributed by atoms with van der Waals surface area (Å²) in [5.74, 6) is 0.719. The van der Waals surface area contributed by atoms with E-state index in [0.29, 0.717) is 5.02 Å². The maximum absolute atomic E-state index is 6.37. The first-order valence-electron chi connectivity index (χ1n) is 5.57. The molecular weight excluding hydrogens is 440 g/mol. The number of hydrogen-bond donors (Lipinski definition) is 1. The summed E-state index contributed by atoms with van der Waals surface area (Å²) in [5, 5.41) is 0.629. The van der Waals surface area contributed by atoms with E-state index in [-0.39, 0.29) is 6.04 Å². The third-order valence-corrected chi connectivity index (χ3v) is 4.61. The molecule has 2 N–H and O–H groups in total. The van der Waals surface area contributed by atoms with Gasteiger partial charge in [-0.1, -0.05) is 29.8 Å². The largest absolute Gasteiger partial charge is 0.495 e. The van der Waals surface area contributed by atoms with Gasteiger partial charge in [0.25, 0.3) is 0 Å². The van der Waals surface area contributed by atoms with E-state index in [1.165, 1.54) is 0 Å². The lowest BCUT2D eigenvalue weighted by Crippen LogP contribution is -2.14. The van der Waals surface area contributed by atoms with Gasteiger partial charge in [-0.15, -0.1) is 0 Å². The van der Waals surface area contributed by atoms with Crippen LogP contribution in [-0.4, -0.2) is 7.11 Å². The van der Waals surface area contributed by atoms with Crippen LogP contribution in [0.25, 0.3) is 0 Å². The molecular formula is C14H12BrClINO. The second kappa shape index (κ2) is 6.43. The minimum Gasteiger partial charge on any atom is -0.495 e. The Morgan fingerprint density at radius 3 is 2.58 bits per heavy atom. The highest BCUT2D eigenvalue weighted by molar-refractivity contribution is 14.1. The zero-order valence-electron chi connectivity index (χ0n) is 10.2. The second-order valence-electron chi connectivity index (χ2n) is 4.01. The fourth-order valence-corrected chi connectivity index (χ4v) is 3.64. The number of rotatable bonds is 3. The highest BCUT2D eigenvalue weighted by atomic mass is 127. The van der Waals surface area contributed by atoms with E-state index in [4.69, 9.17) is 22.1 Å². The van der Waals surface area contributed by atoms with E-state index >= 15 is 0 Å². The van der Waals surface area contributed by atoms with Crippen LogP contribution in [0.15, 0.2) is 40.9 Å². The average Bonchev–Trinajstić information content (AvgIpc) is 2.37. The van der Waals surface area contributed by atoms with Gasteiger partial charge in [0.1, 0.15) is 5.75 Å². The first-order valence-corrected chi connectivity index (χ1v) is 7.82. The number of ether oxygens (including phenoxy) is 1. The Kier molecular flexibility index (Phi) is 5.11. The topological polar surface area (TPSA) is 35.2 Å². The molecule has 0 amide bonds. The molecule has 100 valence electrons. The van der Waals surface area contributed by atoms with Crippen molar-refractivity contribution in [3.63, 3.8) is 0 Å². The first-order chi connectivity index (χ1) is 9.04. The summed E-state index contributed by atoms with van der Waals surface area (Å²) >= 11 is 11.8. The average molecular weight is 453 g/mol. The van der Waals surface area contributed by atoms with Gasteiger partial charge in [-0.2, -0.15) is 0 Å². The Hall–Kier alpha value is -0.300. The van der Waals surface area contributed by atoms with Crippen LogP contribution in [-0.2, 0) is 0 Å². The van der Waals surface area contributed by atoms with Gasteiger partial charge in [0.15, 0.2) is 0 Å². The molecule has 0 aromatic heterocycles. The van der Waals surface area contributed by atoms with E-state index in [1.807, 2.05) is 30.3 Å². The van der Waals surface area contributed by atoms with Crippen molar-refractivity contribution in [2.24, 2.45) is 5.73 Å². The molecule has 0 spiro atoms. The van der Waals surface area contributed by atoms with Crippen LogP contribution in [0.2, 0.25) is 5.02 Å². The van der Waals surface area contributed by atoms with Gasteiger partial charge in [-0.25, -0.2) is 0 Å². The number of hydrogen-bond acceptors (Lipinski definition) is 2. The third-order valence-electron chi connectivity index (χ3n) is 2.82. The summed E-state index contributed by atoms with van der Waals surface area (Å²) < 4.78 is 7.35. The molecule has 0 saturated carbocycles. The van der Waals surface area contributed by atoms with Gasteiger partial charge >= 0.3 is 0 Å². The highest BCUT2D eigenvalue weighted by Gasteiger charge is 2.19. The van der Waals surface area contributed by atoms with E-state index in [0.717, 1.165) is 24.9 Å². The Labute approximate surface area is 139 Å². The van der Waals surface area contributed by atoms with Crippen molar-refractivity contribution in [1.82, 2.24) is 0 Å². The van der Waals surface area contributed by atoms with Gasteiger partial charge in [0, 0.05) is 14.2 Å². The SMILES string of the molecule is COc1c(Br)cc(Cl)cc1C(N)c1ccccc1I. The Bertz CT molecular complexity index is 606. The molecule has 2 aromatic carbocycles. The normalized spacial score (nSPS) is 12.3. The van der Waals surface area contributed by atoms with Crippen LogP contribution in [0, 0.1) is 3.57 Å². The minimum atomic E-state index is -0.280. The lowest BCUT2D eigenvalue weighted by atomic mass is 9.99. The summed E-state index contributed by atoms with van der Waals surface area (Å²) in [6.45, 7) is 0. The van der Waals surface area contributed by atoms with Crippen LogP contribution >= 0.6 is 50.1 Å². The summed E-state index contributed by atoms with van der Waals surface area (Å²) in [6, 6.07) is 11.4. The number of halogens is 3. The molecule has 2 nitrogen and oxygen atoms in total.